The number of oxime groups is 1. The minimum absolute atomic E-state index is 0.203. The summed E-state index contributed by atoms with van der Waals surface area (Å²) in [7, 11) is -4.02. The molecule has 0 aliphatic rings. The molecule has 0 aromatic heterocycles. The quantitative estimate of drug-likeness (QED) is 0.0818. The van der Waals surface area contributed by atoms with Gasteiger partial charge in [-0.25, -0.2) is 22.7 Å². The van der Waals surface area contributed by atoms with Crippen LogP contribution in [0.2, 0.25) is 0 Å². The number of halogens is 3. The molecule has 0 unspecified atom stereocenters. The highest BCUT2D eigenvalue weighted by Gasteiger charge is 2.43. The number of nitrogens with one attached hydrogen (secondary N) is 1. The van der Waals surface area contributed by atoms with Gasteiger partial charge in [0.25, 0.3) is 0 Å². The number of alkyl halides is 3. The highest BCUT2D eigenvalue weighted by atomic mass is 32.2. The number of carbonyl (C=O) groups excluding carboxylic acids is 2. The first-order valence-corrected chi connectivity index (χ1v) is 11.7. The zero-order valence-corrected chi connectivity index (χ0v) is 19.2. The van der Waals surface area contributed by atoms with Crippen LogP contribution in [0, 0.1) is 0 Å². The summed E-state index contributed by atoms with van der Waals surface area (Å²) in [6.07, 6.45) is -4.51. The van der Waals surface area contributed by atoms with Gasteiger partial charge in [0, 0.05) is 6.42 Å². The van der Waals surface area contributed by atoms with Crippen molar-refractivity contribution in [3.63, 3.8) is 0 Å². The maximum atomic E-state index is 12.4. The van der Waals surface area contributed by atoms with Crippen LogP contribution in [0.1, 0.15) is 31.7 Å². The van der Waals surface area contributed by atoms with Crippen molar-refractivity contribution >= 4 is 27.9 Å². The Morgan fingerprint density at radius 3 is 2.32 bits per heavy atom. The number of carbonyl (C=O) groups is 2. The van der Waals surface area contributed by atoms with E-state index in [-0.39, 0.29) is 37.8 Å². The van der Waals surface area contributed by atoms with Gasteiger partial charge in [-0.05, 0) is 35.7 Å². The van der Waals surface area contributed by atoms with E-state index in [9.17, 15) is 31.2 Å². The van der Waals surface area contributed by atoms with Gasteiger partial charge in [-0.3, -0.25) is 0 Å². The third-order valence-corrected chi connectivity index (χ3v) is 5.45. The van der Waals surface area contributed by atoms with E-state index >= 15 is 0 Å². The number of rotatable bonds is 14. The highest BCUT2D eigenvalue weighted by molar-refractivity contribution is 7.89. The van der Waals surface area contributed by atoms with Gasteiger partial charge in [-0.2, -0.15) is 13.2 Å². The maximum Gasteiger partial charge on any atom is 0.491 e. The lowest BCUT2D eigenvalue weighted by Gasteiger charge is -2.18. The lowest BCUT2D eigenvalue weighted by atomic mass is 10.1. The molecule has 192 valence electrons. The fourth-order valence-corrected chi connectivity index (χ4v) is 3.79. The minimum Gasteiger partial charge on any atom is -0.493 e. The molecule has 5 N–H and O–H groups in total. The van der Waals surface area contributed by atoms with Gasteiger partial charge < -0.3 is 25.8 Å². The van der Waals surface area contributed by atoms with Crippen LogP contribution in [0.25, 0.3) is 0 Å². The van der Waals surface area contributed by atoms with Gasteiger partial charge in [0.1, 0.15) is 18.4 Å². The summed E-state index contributed by atoms with van der Waals surface area (Å²) in [6, 6.07) is 4.25. The maximum absolute atomic E-state index is 12.4. The molecule has 1 rings (SSSR count). The molecule has 0 radical (unpaired) electrons. The lowest BCUT2D eigenvalue weighted by Crippen LogP contribution is -2.46. The van der Waals surface area contributed by atoms with Crippen molar-refractivity contribution in [3.8, 4) is 5.75 Å². The zero-order valence-electron chi connectivity index (χ0n) is 18.3. The largest absolute Gasteiger partial charge is 0.493 e. The van der Waals surface area contributed by atoms with Gasteiger partial charge in [-0.15, -0.1) is 0 Å². The second kappa shape index (κ2) is 13.6. The Hall–Kier alpha value is -3.07. The summed E-state index contributed by atoms with van der Waals surface area (Å²) in [4.78, 5) is 28.0. The van der Waals surface area contributed by atoms with Gasteiger partial charge in [-0.1, -0.05) is 25.5 Å². The number of benzene rings is 1. The molecule has 0 fully saturated rings. The number of nitrogens with two attached hydrogens (primary N) is 2. The molecular formula is C19H27F3N4O7S. The van der Waals surface area contributed by atoms with E-state index in [2.05, 4.69) is 9.89 Å². The summed E-state index contributed by atoms with van der Waals surface area (Å²) >= 11 is 0. The standard InChI is InChI=1S/C19H27F3N4O7S/c1-2-3-11-34(29,30)26-15(16(27)33-17(28)19(20,21)22)12-13-5-7-14(8-6-13)31-9-4-10-32-25-18(23)24/h5-8,15,26H,2-4,9-12H2,1H3,(H4,23,24,25)/t15-/m0/s1. The number of guanidine groups is 1. The molecule has 11 nitrogen and oxygen atoms in total. The van der Waals surface area contributed by atoms with E-state index in [0.717, 1.165) is 0 Å². The number of esters is 2. The van der Waals surface area contributed by atoms with Crippen molar-refractivity contribution in [3.05, 3.63) is 29.8 Å². The SMILES string of the molecule is CCCCS(=O)(=O)N[C@@H](Cc1ccc(OCCCON=C(N)N)cc1)C(=O)OC(=O)C(F)(F)F. The van der Waals surface area contributed by atoms with Crippen molar-refractivity contribution in [1.29, 1.82) is 0 Å². The number of hydrogen-bond donors (Lipinski definition) is 3. The predicted molar refractivity (Wildman–Crippen MR) is 115 cm³/mol. The molecule has 1 atom stereocenters. The molecule has 0 aliphatic carbocycles. The van der Waals surface area contributed by atoms with E-state index < -0.39 is 34.2 Å². The summed E-state index contributed by atoms with van der Waals surface area (Å²) in [6.45, 7) is 2.20. The third-order valence-electron chi connectivity index (χ3n) is 3.98. The molecule has 0 saturated carbocycles. The Morgan fingerprint density at radius 1 is 1.12 bits per heavy atom. The normalized spacial score (nSPS) is 12.5. The van der Waals surface area contributed by atoms with Crippen LogP contribution in [-0.2, 0) is 35.6 Å². The van der Waals surface area contributed by atoms with Gasteiger partial charge in [0.15, 0.2) is 0 Å². The van der Waals surface area contributed by atoms with Crippen LogP contribution in [-0.4, -0.2) is 57.5 Å². The molecule has 1 aromatic rings. The Morgan fingerprint density at radius 2 is 1.76 bits per heavy atom. The lowest BCUT2D eigenvalue weighted by molar-refractivity contribution is -0.202. The Balaban J connectivity index is 2.80. The van der Waals surface area contributed by atoms with Crippen molar-refractivity contribution < 1.29 is 45.5 Å². The second-order valence-electron chi connectivity index (χ2n) is 6.95. The molecule has 15 heteroatoms. The first-order chi connectivity index (χ1) is 15.8. The molecule has 0 heterocycles. The monoisotopic (exact) mass is 512 g/mol. The first-order valence-electron chi connectivity index (χ1n) is 10.1. The third kappa shape index (κ3) is 11.7. The number of sulfonamides is 1. The van der Waals surface area contributed by atoms with E-state index in [1.54, 1.807) is 6.92 Å². The van der Waals surface area contributed by atoms with Crippen LogP contribution in [0.3, 0.4) is 0 Å². The predicted octanol–water partition coefficient (Wildman–Crippen LogP) is 0.923. The molecule has 0 bridgehead atoms. The Bertz CT molecular complexity index is 934. The van der Waals surface area contributed by atoms with Crippen molar-refractivity contribution in [2.75, 3.05) is 19.0 Å². The zero-order chi connectivity index (χ0) is 25.8. The van der Waals surface area contributed by atoms with Crippen LogP contribution in [0.15, 0.2) is 29.4 Å². The van der Waals surface area contributed by atoms with Gasteiger partial charge >= 0.3 is 18.1 Å². The van der Waals surface area contributed by atoms with E-state index in [0.29, 0.717) is 24.2 Å². The van der Waals surface area contributed by atoms with Crippen molar-refractivity contribution in [2.45, 2.75) is 44.8 Å². The fraction of sp³-hybridized carbons (Fsp3) is 0.526. The molecular weight excluding hydrogens is 485 g/mol. The summed E-state index contributed by atoms with van der Waals surface area (Å²) in [5.74, 6) is -4.53. The van der Waals surface area contributed by atoms with Crippen LogP contribution < -0.4 is 20.9 Å². The number of unbranched alkanes of at least 4 members (excludes halogenated alkanes) is 1. The number of hydrogen-bond acceptors (Lipinski definition) is 8. The van der Waals surface area contributed by atoms with Crippen molar-refractivity contribution in [1.82, 2.24) is 4.72 Å². The minimum atomic E-state index is -5.41. The number of nitrogens with zero attached hydrogens (tertiary/aromatic N) is 1. The second-order valence-corrected chi connectivity index (χ2v) is 8.82. The van der Waals surface area contributed by atoms with E-state index in [1.807, 2.05) is 4.72 Å². The summed E-state index contributed by atoms with van der Waals surface area (Å²) < 4.78 is 73.0. The Labute approximate surface area is 194 Å². The topological polar surface area (TPSA) is 172 Å². The summed E-state index contributed by atoms with van der Waals surface area (Å²) in [5.41, 5.74) is 10.6. The Kier molecular flexibility index (Phi) is 11.6. The highest BCUT2D eigenvalue weighted by Crippen LogP contribution is 2.18. The van der Waals surface area contributed by atoms with Crippen LogP contribution >= 0.6 is 0 Å². The van der Waals surface area contributed by atoms with Gasteiger partial charge in [0.05, 0.1) is 12.4 Å². The number of ether oxygens (including phenoxy) is 2. The summed E-state index contributed by atoms with van der Waals surface area (Å²) in [5, 5.41) is 3.34. The molecule has 0 amide bonds. The van der Waals surface area contributed by atoms with Crippen LogP contribution in [0.4, 0.5) is 13.2 Å². The molecule has 1 aromatic carbocycles. The van der Waals surface area contributed by atoms with Gasteiger partial charge in [0.2, 0.25) is 16.0 Å². The molecule has 0 saturated heterocycles. The molecule has 0 spiro atoms. The smallest absolute Gasteiger partial charge is 0.491 e. The van der Waals surface area contributed by atoms with E-state index in [1.165, 1.54) is 24.3 Å². The van der Waals surface area contributed by atoms with Crippen LogP contribution in [0.5, 0.6) is 5.75 Å². The van der Waals surface area contributed by atoms with E-state index in [4.69, 9.17) is 21.0 Å². The first kappa shape index (κ1) is 29.0. The molecule has 34 heavy (non-hydrogen) atoms. The molecule has 0 aliphatic heterocycles. The average Bonchev–Trinajstić information content (AvgIpc) is 2.74. The fourth-order valence-electron chi connectivity index (χ4n) is 2.39. The average molecular weight is 513 g/mol. The van der Waals surface area contributed by atoms with Crippen molar-refractivity contribution in [2.24, 2.45) is 16.6 Å².